The Bertz CT molecular complexity index is 1750. The molecule has 1 aliphatic rings. The minimum Gasteiger partial charge on any atom is -0.461 e. The number of likely N-dealkylation sites (N-methyl/N-ethyl adjacent to an activating group) is 2. The first-order chi connectivity index (χ1) is 26.2. The fourth-order valence-corrected chi connectivity index (χ4v) is 7.74. The molecule has 1 aliphatic heterocycles. The molecule has 1 saturated heterocycles. The van der Waals surface area contributed by atoms with E-state index in [4.69, 9.17) is 13.9 Å². The van der Waals surface area contributed by atoms with Crippen LogP contribution in [0.1, 0.15) is 123 Å². The highest BCUT2D eigenvalue weighted by atomic mass is 32.1. The van der Waals surface area contributed by atoms with E-state index >= 15 is 0 Å². The highest BCUT2D eigenvalue weighted by Crippen LogP contribution is 2.32. The normalized spacial score (nSPS) is 17.4. The minimum atomic E-state index is -0.871. The number of esters is 2. The van der Waals surface area contributed by atoms with E-state index in [1.54, 1.807) is 24.3 Å². The van der Waals surface area contributed by atoms with Crippen molar-refractivity contribution in [3.63, 3.8) is 0 Å². The van der Waals surface area contributed by atoms with Crippen molar-refractivity contribution in [2.45, 2.75) is 110 Å². The number of aromatic nitrogens is 2. The Hall–Kier alpha value is -4.63. The van der Waals surface area contributed by atoms with Crippen molar-refractivity contribution >= 4 is 41.0 Å². The molecular formula is C40H56N6O8S. The van der Waals surface area contributed by atoms with E-state index in [-0.39, 0.29) is 66.3 Å². The molecule has 6 atom stereocenters. The van der Waals surface area contributed by atoms with Crippen molar-refractivity contribution < 1.29 is 37.9 Å². The van der Waals surface area contributed by atoms with Gasteiger partial charge in [-0.3, -0.25) is 24.1 Å². The third-order valence-corrected chi connectivity index (χ3v) is 11.2. The average molecular weight is 781 g/mol. The number of likely N-dealkylation sites (tertiary alicyclic amines) is 1. The monoisotopic (exact) mass is 780 g/mol. The molecule has 15 heteroatoms. The Morgan fingerprint density at radius 1 is 1.07 bits per heavy atom. The first kappa shape index (κ1) is 43.1. The van der Waals surface area contributed by atoms with Crippen LogP contribution >= 0.6 is 11.3 Å². The fraction of sp³-hybridized carbons (Fsp3) is 0.575. The van der Waals surface area contributed by atoms with Crippen LogP contribution in [0.4, 0.5) is 0 Å². The lowest BCUT2D eigenvalue weighted by Gasteiger charge is -2.38. The summed E-state index contributed by atoms with van der Waals surface area (Å²) in [4.78, 5) is 79.0. The molecule has 300 valence electrons. The Balaban J connectivity index is 1.56. The van der Waals surface area contributed by atoms with Gasteiger partial charge in [0.15, 0.2) is 24.0 Å². The van der Waals surface area contributed by atoms with E-state index in [1.807, 2.05) is 70.0 Å². The van der Waals surface area contributed by atoms with Crippen LogP contribution < -0.4 is 10.6 Å². The molecule has 0 bridgehead atoms. The minimum absolute atomic E-state index is 0.0353. The third-order valence-electron chi connectivity index (χ3n) is 10.2. The predicted octanol–water partition coefficient (Wildman–Crippen LogP) is 5.51. The summed E-state index contributed by atoms with van der Waals surface area (Å²) in [6, 6.07) is 7.17. The first-order valence-corrected chi connectivity index (χ1v) is 20.0. The number of nitrogens with one attached hydrogen (secondary N) is 2. The molecule has 0 unspecified atom stereocenters. The molecule has 3 amide bonds. The Kier molecular flexibility index (Phi) is 15.9. The highest BCUT2D eigenvalue weighted by molar-refractivity contribution is 7.09. The van der Waals surface area contributed by atoms with Crippen molar-refractivity contribution in [1.29, 1.82) is 0 Å². The molecule has 4 rings (SSSR count). The van der Waals surface area contributed by atoms with Gasteiger partial charge in [0.25, 0.3) is 5.91 Å². The largest absolute Gasteiger partial charge is 0.461 e. The SMILES string of the molecule is CCOC(=O)c1ncoc1[C@H](Cc1ccccc1)NC(=O)c1csc([C@@H](C[C@H](C(C)C)N(C)C(=O)[C@@H](NC(=O)[C@H]2CCCCN2C)[C@@H](C)CC)OC(C)=O)n1. The van der Waals surface area contributed by atoms with E-state index in [1.165, 1.54) is 6.92 Å². The van der Waals surface area contributed by atoms with Gasteiger partial charge < -0.3 is 29.4 Å². The number of ether oxygens (including phenoxy) is 2. The maximum absolute atomic E-state index is 14.2. The zero-order valence-corrected chi connectivity index (χ0v) is 34.0. The standard InChI is InChI=1S/C40H56N6O8S/c1-9-25(5)33(44-37(49)30-18-14-15-19-45(30)7)39(50)46(8)31(24(3)4)21-32(54-26(6)47)38-43-29(22-55-38)36(48)42-28(20-27-16-12-11-13-17-27)35-34(41-23-53-35)40(51)52-10-2/h11-13,16-17,22-25,28,30-33H,9-10,14-15,18-21H2,1-8H3,(H,42,48)(H,44,49)/t25-,28-,30+,31+,32+,33-/m0/s1. The van der Waals surface area contributed by atoms with E-state index in [9.17, 15) is 24.0 Å². The van der Waals surface area contributed by atoms with Crippen LogP contribution in [0.15, 0.2) is 46.5 Å². The molecule has 14 nitrogen and oxygen atoms in total. The van der Waals surface area contributed by atoms with Crippen LogP contribution in [0, 0.1) is 11.8 Å². The molecule has 1 aromatic carbocycles. The van der Waals surface area contributed by atoms with Crippen LogP contribution in [0.3, 0.4) is 0 Å². The summed E-state index contributed by atoms with van der Waals surface area (Å²) in [5, 5.41) is 7.98. The predicted molar refractivity (Wildman–Crippen MR) is 207 cm³/mol. The number of oxazole rings is 1. The molecular weight excluding hydrogens is 725 g/mol. The molecule has 55 heavy (non-hydrogen) atoms. The van der Waals surface area contributed by atoms with Gasteiger partial charge >= 0.3 is 11.9 Å². The lowest BCUT2D eigenvalue weighted by atomic mass is 9.92. The van der Waals surface area contributed by atoms with Crippen LogP contribution in [0.25, 0.3) is 0 Å². The van der Waals surface area contributed by atoms with Gasteiger partial charge in [0.05, 0.1) is 18.7 Å². The summed E-state index contributed by atoms with van der Waals surface area (Å²) in [6.45, 7) is 11.9. The molecule has 0 saturated carbocycles. The van der Waals surface area contributed by atoms with Crippen LogP contribution in [-0.4, -0.2) is 94.8 Å². The second kappa shape index (κ2) is 20.3. The second-order valence-corrected chi connectivity index (χ2v) is 15.4. The maximum atomic E-state index is 14.2. The van der Waals surface area contributed by atoms with Crippen LogP contribution in [0.2, 0.25) is 0 Å². The number of carbonyl (C=O) groups excluding carboxylic acids is 5. The lowest BCUT2D eigenvalue weighted by molar-refractivity contribution is -0.149. The summed E-state index contributed by atoms with van der Waals surface area (Å²) < 4.78 is 16.6. The highest BCUT2D eigenvalue weighted by Gasteiger charge is 2.37. The number of thiazole rings is 1. The topological polar surface area (TPSA) is 173 Å². The molecule has 2 N–H and O–H groups in total. The number of hydrogen-bond acceptors (Lipinski definition) is 12. The van der Waals surface area contributed by atoms with Gasteiger partial charge in [0.2, 0.25) is 11.8 Å². The summed E-state index contributed by atoms with van der Waals surface area (Å²) in [6.07, 6.45) is 4.19. The number of hydrogen-bond donors (Lipinski definition) is 2. The van der Waals surface area contributed by atoms with Crippen LogP contribution in [-0.2, 0) is 30.3 Å². The number of carbonyl (C=O) groups is 5. The van der Waals surface area contributed by atoms with Gasteiger partial charge in [0.1, 0.15) is 16.7 Å². The number of amides is 3. The summed E-state index contributed by atoms with van der Waals surface area (Å²) in [5.74, 6) is -2.16. The quantitative estimate of drug-likeness (QED) is 0.156. The smallest absolute Gasteiger partial charge is 0.360 e. The van der Waals surface area contributed by atoms with Crippen molar-refractivity contribution in [1.82, 2.24) is 30.4 Å². The first-order valence-electron chi connectivity index (χ1n) is 19.1. The molecule has 1 fully saturated rings. The van der Waals surface area contributed by atoms with Gasteiger partial charge in [-0.05, 0) is 50.8 Å². The lowest BCUT2D eigenvalue weighted by Crippen LogP contribution is -2.58. The Labute approximate surface area is 327 Å². The number of piperidine rings is 1. The van der Waals surface area contributed by atoms with Gasteiger partial charge in [-0.1, -0.05) is 70.9 Å². The molecule has 0 aliphatic carbocycles. The molecule has 0 spiro atoms. The van der Waals surface area contributed by atoms with Crippen molar-refractivity contribution in [3.05, 3.63) is 69.8 Å². The molecule has 2 aromatic heterocycles. The third kappa shape index (κ3) is 11.4. The molecule has 3 heterocycles. The van der Waals surface area contributed by atoms with Gasteiger partial charge in [-0.2, -0.15) is 0 Å². The summed E-state index contributed by atoms with van der Waals surface area (Å²) in [5.41, 5.74) is 0.916. The van der Waals surface area contributed by atoms with E-state index < -0.39 is 42.1 Å². The average Bonchev–Trinajstić information content (AvgIpc) is 3.86. The molecule has 0 radical (unpaired) electrons. The fourth-order valence-electron chi connectivity index (χ4n) is 6.90. The summed E-state index contributed by atoms with van der Waals surface area (Å²) >= 11 is 1.16. The van der Waals surface area contributed by atoms with Crippen molar-refractivity contribution in [3.8, 4) is 0 Å². The van der Waals surface area contributed by atoms with E-state index in [0.29, 0.717) is 11.4 Å². The van der Waals surface area contributed by atoms with Crippen molar-refractivity contribution in [2.24, 2.45) is 11.8 Å². The Morgan fingerprint density at radius 2 is 1.80 bits per heavy atom. The number of benzene rings is 1. The van der Waals surface area contributed by atoms with Gasteiger partial charge in [0, 0.05) is 38.2 Å². The maximum Gasteiger partial charge on any atom is 0.360 e. The zero-order valence-electron chi connectivity index (χ0n) is 33.2. The zero-order chi connectivity index (χ0) is 40.2. The number of nitrogens with zero attached hydrogens (tertiary/aromatic N) is 4. The van der Waals surface area contributed by atoms with E-state index in [0.717, 1.165) is 49.1 Å². The van der Waals surface area contributed by atoms with Crippen molar-refractivity contribution in [2.75, 3.05) is 27.2 Å². The summed E-state index contributed by atoms with van der Waals surface area (Å²) in [7, 11) is 3.66. The van der Waals surface area contributed by atoms with E-state index in [2.05, 4.69) is 20.6 Å². The number of rotatable bonds is 18. The van der Waals surface area contributed by atoms with Gasteiger partial charge in [-0.25, -0.2) is 14.8 Å². The molecule has 3 aromatic rings. The van der Waals surface area contributed by atoms with Gasteiger partial charge in [-0.15, -0.1) is 11.3 Å². The Morgan fingerprint density at radius 3 is 2.44 bits per heavy atom. The van der Waals surface area contributed by atoms with Crippen LogP contribution in [0.5, 0.6) is 0 Å². The second-order valence-electron chi connectivity index (χ2n) is 14.5.